The number of aliphatic hydroxyl groups is 1. The summed E-state index contributed by atoms with van der Waals surface area (Å²) < 4.78 is 25.6. The summed E-state index contributed by atoms with van der Waals surface area (Å²) in [6.45, 7) is 57.1. The second-order valence-electron chi connectivity index (χ2n) is 37.5. The van der Waals surface area contributed by atoms with Crippen LogP contribution < -0.4 is 18.9 Å². The van der Waals surface area contributed by atoms with Crippen LogP contribution in [-0.2, 0) is 62.5 Å². The first-order valence-electron chi connectivity index (χ1n) is 37.6. The van der Waals surface area contributed by atoms with Crippen molar-refractivity contribution in [2.75, 3.05) is 6.61 Å². The number of hydrogen-bond donors (Lipinski definition) is 1. The maximum Gasteiger partial charge on any atom is 0.308 e. The number of halogens is 1. The Kier molecular flexibility index (Phi) is 22.0. The fourth-order valence-corrected chi connectivity index (χ4v) is 15.2. The molecule has 0 atom stereocenters. The van der Waals surface area contributed by atoms with E-state index >= 15 is 0 Å². The molecule has 108 heavy (non-hydrogen) atoms. The van der Waals surface area contributed by atoms with Crippen LogP contribution in [-0.4, -0.2) is 35.6 Å². The summed E-state index contributed by atoms with van der Waals surface area (Å²) in [6.07, 6.45) is 0.233. The normalized spacial score (nSPS) is 12.6. The van der Waals surface area contributed by atoms with Crippen molar-refractivity contribution in [2.45, 2.75) is 244 Å². The third kappa shape index (κ3) is 16.9. The predicted molar refractivity (Wildman–Crippen MR) is 452 cm³/mol. The Bertz CT molecular complexity index is 5040. The molecule has 10 heteroatoms. The molecule has 0 fully saturated rings. The Balaban J connectivity index is 1.41. The van der Waals surface area contributed by atoms with Crippen molar-refractivity contribution >= 4 is 82.9 Å². The Morgan fingerprint density at radius 2 is 0.481 bits per heavy atom. The van der Waals surface area contributed by atoms with Gasteiger partial charge < -0.3 is 24.1 Å². The van der Waals surface area contributed by atoms with E-state index in [0.29, 0.717) is 23.0 Å². The monoisotopic (exact) mass is 1510 g/mol. The molecule has 9 nitrogen and oxygen atoms in total. The molecule has 0 aliphatic carbocycles. The number of carbonyl (C=O) groups excluding carboxylic acids is 4. The highest BCUT2D eigenvalue weighted by atomic mass is 79.9. The fourth-order valence-electron chi connectivity index (χ4n) is 14.5. The lowest BCUT2D eigenvalue weighted by Crippen LogP contribution is -2.21. The van der Waals surface area contributed by atoms with Gasteiger partial charge in [0.25, 0.3) is 0 Å². The highest BCUT2D eigenvalue weighted by Gasteiger charge is 2.35. The van der Waals surface area contributed by atoms with Crippen LogP contribution in [0.25, 0.3) is 87.6 Å². The van der Waals surface area contributed by atoms with Crippen LogP contribution >= 0.6 is 15.9 Å². The molecule has 0 spiro atoms. The molecular formula is C98H109BrO9. The first-order valence-corrected chi connectivity index (χ1v) is 38.4. The Labute approximate surface area is 650 Å². The number of benzene rings is 10. The molecule has 562 valence electrons. The van der Waals surface area contributed by atoms with Gasteiger partial charge >= 0.3 is 23.9 Å². The van der Waals surface area contributed by atoms with E-state index < -0.39 is 55.3 Å². The molecule has 0 bridgehead atoms. The van der Waals surface area contributed by atoms with Crippen molar-refractivity contribution < 1.29 is 43.2 Å². The minimum atomic E-state index is -0.436. The minimum absolute atomic E-state index is 0.134. The largest absolute Gasteiger partial charge is 0.426 e. The van der Waals surface area contributed by atoms with Crippen LogP contribution in [0.3, 0.4) is 0 Å². The number of fused-ring (bicyclic) bond motifs is 4. The number of hydrogen-bond acceptors (Lipinski definition) is 9. The van der Waals surface area contributed by atoms with Gasteiger partial charge in [-0.2, -0.15) is 0 Å². The molecular weight excluding hydrogens is 1400 g/mol. The second kappa shape index (κ2) is 29.2. The first-order chi connectivity index (χ1) is 49.8. The van der Waals surface area contributed by atoms with Crippen LogP contribution in [0.15, 0.2) is 126 Å². The third-order valence-electron chi connectivity index (χ3n) is 20.1. The minimum Gasteiger partial charge on any atom is -0.426 e. The summed E-state index contributed by atoms with van der Waals surface area (Å²) in [6, 6.07) is 43.6. The number of ether oxygens (including phenoxy) is 4. The molecule has 0 amide bonds. The lowest BCUT2D eigenvalue weighted by molar-refractivity contribution is -0.133. The van der Waals surface area contributed by atoms with Crippen molar-refractivity contribution in [1.29, 1.82) is 0 Å². The molecule has 0 unspecified atom stereocenters. The molecule has 0 radical (unpaired) electrons. The zero-order valence-corrected chi connectivity index (χ0v) is 70.6. The van der Waals surface area contributed by atoms with Gasteiger partial charge in [-0.05, 0) is 220 Å². The highest BCUT2D eigenvalue weighted by molar-refractivity contribution is 9.10. The summed E-state index contributed by atoms with van der Waals surface area (Å²) in [5.74, 6) is 15.7. The molecule has 10 rings (SSSR count). The molecule has 10 aromatic carbocycles. The summed E-state index contributed by atoms with van der Waals surface area (Å²) in [5.41, 5.74) is 13.6. The topological polar surface area (TPSA) is 125 Å². The van der Waals surface area contributed by atoms with Crippen molar-refractivity contribution in [3.05, 3.63) is 187 Å². The molecule has 0 aliphatic rings. The number of carbonyl (C=O) groups is 4. The number of rotatable bonds is 9. The summed E-state index contributed by atoms with van der Waals surface area (Å²) >= 11 is 4.21. The third-order valence-corrected chi connectivity index (χ3v) is 20.9. The van der Waals surface area contributed by atoms with Gasteiger partial charge in [-0.15, -0.1) is 0 Å². The molecule has 10 aromatic rings. The average molecular weight is 1510 g/mol. The maximum atomic E-state index is 13.0. The predicted octanol–water partition coefficient (Wildman–Crippen LogP) is 24.9. The average Bonchev–Trinajstić information content (AvgIpc) is 0.736. The van der Waals surface area contributed by atoms with Crippen molar-refractivity contribution in [2.24, 2.45) is 0 Å². The van der Waals surface area contributed by atoms with Gasteiger partial charge in [0.15, 0.2) is 0 Å². The molecule has 0 saturated heterocycles. The zero-order valence-electron chi connectivity index (χ0n) is 69.1. The number of esters is 4. The van der Waals surface area contributed by atoms with Crippen LogP contribution in [0.2, 0.25) is 0 Å². The summed E-state index contributed by atoms with van der Waals surface area (Å²) in [7, 11) is 0. The van der Waals surface area contributed by atoms with E-state index in [1.807, 2.05) is 0 Å². The van der Waals surface area contributed by atoms with Crippen LogP contribution in [0.4, 0.5) is 0 Å². The Morgan fingerprint density at radius 3 is 0.685 bits per heavy atom. The maximum absolute atomic E-state index is 13.0. The molecule has 0 aliphatic heterocycles. The van der Waals surface area contributed by atoms with Crippen LogP contribution in [0, 0.1) is 23.7 Å². The quantitative estimate of drug-likeness (QED) is 0.0651. The second-order valence-corrected chi connectivity index (χ2v) is 38.3. The molecule has 0 aromatic heterocycles. The van der Waals surface area contributed by atoms with Crippen molar-refractivity contribution in [3.8, 4) is 91.2 Å². The van der Waals surface area contributed by atoms with Gasteiger partial charge in [0.05, 0.1) is 6.61 Å². The van der Waals surface area contributed by atoms with Gasteiger partial charge in [-0.3, -0.25) is 19.2 Å². The van der Waals surface area contributed by atoms with Gasteiger partial charge in [0.2, 0.25) is 0 Å². The fraction of sp³-hybridized carbons (Fsp3) is 0.388. The van der Waals surface area contributed by atoms with Crippen LogP contribution in [0.1, 0.15) is 261 Å². The van der Waals surface area contributed by atoms with Gasteiger partial charge in [0.1, 0.15) is 23.0 Å². The van der Waals surface area contributed by atoms with E-state index in [-0.39, 0.29) is 25.0 Å². The molecule has 1 N–H and O–H groups in total. The van der Waals surface area contributed by atoms with Crippen molar-refractivity contribution in [1.82, 2.24) is 0 Å². The Morgan fingerprint density at radius 1 is 0.287 bits per heavy atom. The van der Waals surface area contributed by atoms with E-state index in [1.54, 1.807) is 0 Å². The number of aliphatic hydroxyl groups excluding tert-OH is 1. The summed E-state index contributed by atoms with van der Waals surface area (Å²) in [5, 5.41) is 17.6. The molecule has 0 saturated carbocycles. The van der Waals surface area contributed by atoms with E-state index in [0.717, 1.165) is 153 Å². The summed E-state index contributed by atoms with van der Waals surface area (Å²) in [4.78, 5) is 52.0. The van der Waals surface area contributed by atoms with E-state index in [4.69, 9.17) is 18.9 Å². The van der Waals surface area contributed by atoms with Crippen molar-refractivity contribution in [3.63, 3.8) is 0 Å². The standard InChI is InChI=1S/C98H109BrO9/c1-55(101)105-87-78(91(5,6)7)47-63(48-79(87)92(8,9)10)59-32-36-69-68(70-37-33-60(44-75(70)67(74(69)43-59)31-29-30-42-100)64-49-80(93(11,12)13)88(106-56(2)102)81(50-64)94(14,15)16)40-41-71-76-45-61(65-51-82(95(17,18)19)89(107-57(3)103)83(52-65)96(20,21)22)34-38-72(76)86(99)73-39-35-62(46-77(71)73)66-53-84(97(23,24)25)90(108-58(4)104)85(54-66)98(26,27)28/h32-39,43-54,100H,30,42H2,1-28H3. The van der Waals surface area contributed by atoms with E-state index in [9.17, 15) is 24.3 Å². The lowest BCUT2D eigenvalue weighted by atomic mass is 9.77. The zero-order chi connectivity index (χ0) is 80.0. The van der Waals surface area contributed by atoms with E-state index in [2.05, 4.69) is 327 Å². The van der Waals surface area contributed by atoms with Gasteiger partial charge in [-0.1, -0.05) is 238 Å². The first kappa shape index (κ1) is 81.2. The highest BCUT2D eigenvalue weighted by Crippen LogP contribution is 2.51. The SMILES string of the molecule is CC(=O)Oc1c(C(C)(C)C)cc(-c2ccc3c(Br)c4ccc(-c5cc(C(C)(C)C)c(OC(C)=O)c(C(C)(C)C)c5)cc4c(C#Cc4c5ccc(-c6cc(C(C)(C)C)c(OC(C)=O)c(C(C)(C)C)c6)cc5c(C#CCCO)c5cc(-c6cc(C(C)(C)C)c(OC(C)=O)c(C(C)(C)C)c6)ccc45)c3c2)cc1C(C)(C)C. The lowest BCUT2D eigenvalue weighted by Gasteiger charge is -2.30. The van der Waals surface area contributed by atoms with E-state index in [1.165, 1.54) is 27.7 Å². The van der Waals surface area contributed by atoms with Gasteiger partial charge in [-0.25, -0.2) is 0 Å². The molecule has 0 heterocycles. The smallest absolute Gasteiger partial charge is 0.308 e. The Hall–Kier alpha value is -9.32. The van der Waals surface area contributed by atoms with Crippen LogP contribution in [0.5, 0.6) is 23.0 Å². The van der Waals surface area contributed by atoms with Gasteiger partial charge in [0, 0.05) is 99.8 Å².